The predicted molar refractivity (Wildman–Crippen MR) is 90.4 cm³/mol. The van der Waals surface area contributed by atoms with Gasteiger partial charge in [-0.3, -0.25) is 9.79 Å². The van der Waals surface area contributed by atoms with Gasteiger partial charge in [0, 0.05) is 0 Å². The number of halogens is 1. The molecule has 0 saturated heterocycles. The number of ether oxygens (including phenoxy) is 1. The zero-order valence-corrected chi connectivity index (χ0v) is 14.5. The summed E-state index contributed by atoms with van der Waals surface area (Å²) in [5.74, 6) is -0.485. The molecule has 0 bridgehead atoms. The topological polar surface area (TPSA) is 67.8 Å². The van der Waals surface area contributed by atoms with E-state index in [9.17, 15) is 9.59 Å². The Balaban J connectivity index is 2.11. The van der Waals surface area contributed by atoms with Crippen molar-refractivity contribution in [1.29, 1.82) is 0 Å². The van der Waals surface area contributed by atoms with Crippen molar-refractivity contribution in [3.05, 3.63) is 35.5 Å². The van der Waals surface area contributed by atoms with Crippen LogP contribution in [-0.4, -0.2) is 36.2 Å². The molecule has 0 saturated carbocycles. The standard InChI is InChI=1S/C17H21ClN2O3/c1-11-9-17(3,8-5-12(11)14(21)23-4)20-15(22)16(2)7-6-13(18)19-10-16/h5-8H,9-10H2,1-4H3,(H,20,22). The van der Waals surface area contributed by atoms with Gasteiger partial charge < -0.3 is 10.1 Å². The molecule has 6 heteroatoms. The number of methoxy groups -OCH3 is 1. The van der Waals surface area contributed by atoms with Crippen molar-refractivity contribution in [1.82, 2.24) is 5.32 Å². The van der Waals surface area contributed by atoms with Gasteiger partial charge in [0.25, 0.3) is 0 Å². The first-order chi connectivity index (χ1) is 10.7. The highest BCUT2D eigenvalue weighted by Gasteiger charge is 2.37. The maximum atomic E-state index is 12.7. The molecular formula is C17H21ClN2O3. The summed E-state index contributed by atoms with van der Waals surface area (Å²) in [7, 11) is 1.36. The smallest absolute Gasteiger partial charge is 0.337 e. The van der Waals surface area contributed by atoms with Crippen LogP contribution in [0.4, 0.5) is 0 Å². The highest BCUT2D eigenvalue weighted by atomic mass is 35.5. The molecule has 23 heavy (non-hydrogen) atoms. The molecule has 124 valence electrons. The Morgan fingerprint density at radius 2 is 2.00 bits per heavy atom. The number of amides is 1. The summed E-state index contributed by atoms with van der Waals surface area (Å²) in [5, 5.41) is 3.46. The second-order valence-corrected chi connectivity index (χ2v) is 6.84. The largest absolute Gasteiger partial charge is 0.465 e. The number of rotatable bonds is 3. The third-order valence-corrected chi connectivity index (χ3v) is 4.43. The first-order valence-corrected chi connectivity index (χ1v) is 7.76. The number of hydrogen-bond acceptors (Lipinski definition) is 4. The Labute approximate surface area is 141 Å². The van der Waals surface area contributed by atoms with E-state index in [1.165, 1.54) is 7.11 Å². The molecular weight excluding hydrogens is 316 g/mol. The summed E-state index contributed by atoms with van der Waals surface area (Å²) >= 11 is 5.82. The van der Waals surface area contributed by atoms with Crippen LogP contribution >= 0.6 is 11.6 Å². The van der Waals surface area contributed by atoms with Gasteiger partial charge in [-0.05, 0) is 39.3 Å². The minimum Gasteiger partial charge on any atom is -0.465 e. The lowest BCUT2D eigenvalue weighted by Crippen LogP contribution is -2.52. The third kappa shape index (κ3) is 3.72. The van der Waals surface area contributed by atoms with Gasteiger partial charge >= 0.3 is 5.97 Å². The highest BCUT2D eigenvalue weighted by Crippen LogP contribution is 2.30. The van der Waals surface area contributed by atoms with Crippen molar-refractivity contribution < 1.29 is 14.3 Å². The van der Waals surface area contributed by atoms with E-state index < -0.39 is 11.0 Å². The average molecular weight is 337 g/mol. The van der Waals surface area contributed by atoms with Crippen LogP contribution in [0, 0.1) is 5.41 Å². The maximum absolute atomic E-state index is 12.7. The van der Waals surface area contributed by atoms with Crippen LogP contribution in [0.25, 0.3) is 0 Å². The number of nitrogens with one attached hydrogen (secondary N) is 1. The van der Waals surface area contributed by atoms with Crippen molar-refractivity contribution in [2.75, 3.05) is 13.7 Å². The van der Waals surface area contributed by atoms with Gasteiger partial charge in [-0.25, -0.2) is 4.79 Å². The van der Waals surface area contributed by atoms with Crippen molar-refractivity contribution >= 4 is 28.6 Å². The molecule has 0 aromatic heterocycles. The van der Waals surface area contributed by atoms with E-state index in [1.54, 1.807) is 18.2 Å². The summed E-state index contributed by atoms with van der Waals surface area (Å²) in [6, 6.07) is 0. The SMILES string of the molecule is COC(=O)C1=C(C)CC(C)(NC(=O)C2(C)C=CC(Cl)=NC2)C=C1. The predicted octanol–water partition coefficient (Wildman–Crippen LogP) is 2.52. The van der Waals surface area contributed by atoms with Gasteiger partial charge in [-0.2, -0.15) is 0 Å². The van der Waals surface area contributed by atoms with Crippen molar-refractivity contribution in [3.63, 3.8) is 0 Å². The number of dihydropyridines is 1. The van der Waals surface area contributed by atoms with E-state index in [0.29, 0.717) is 23.7 Å². The Morgan fingerprint density at radius 1 is 1.30 bits per heavy atom. The number of hydrogen-bond donors (Lipinski definition) is 1. The van der Waals surface area contributed by atoms with E-state index in [2.05, 4.69) is 10.3 Å². The Kier molecular flexibility index (Phi) is 4.80. The Hall–Kier alpha value is -1.88. The van der Waals surface area contributed by atoms with Gasteiger partial charge in [0.2, 0.25) is 5.91 Å². The summed E-state index contributed by atoms with van der Waals surface area (Å²) < 4.78 is 4.76. The summed E-state index contributed by atoms with van der Waals surface area (Å²) in [6.45, 7) is 5.93. The number of aliphatic imine (C=N–C) groups is 1. The van der Waals surface area contributed by atoms with Crippen LogP contribution in [0.3, 0.4) is 0 Å². The molecule has 2 aliphatic rings. The number of carbonyl (C=O) groups is 2. The molecule has 1 heterocycles. The molecule has 1 aliphatic heterocycles. The monoisotopic (exact) mass is 336 g/mol. The Morgan fingerprint density at radius 3 is 2.52 bits per heavy atom. The number of carbonyl (C=O) groups excluding carboxylic acids is 2. The minimum atomic E-state index is -0.727. The molecule has 1 N–H and O–H groups in total. The number of nitrogens with zero attached hydrogens (tertiary/aromatic N) is 1. The first kappa shape index (κ1) is 17.5. The quantitative estimate of drug-likeness (QED) is 0.805. The fraction of sp³-hybridized carbons (Fsp3) is 0.471. The molecule has 2 atom stereocenters. The zero-order chi connectivity index (χ0) is 17.3. The van der Waals surface area contributed by atoms with E-state index >= 15 is 0 Å². The summed E-state index contributed by atoms with van der Waals surface area (Å²) in [5.41, 5.74) is 0.141. The lowest BCUT2D eigenvalue weighted by Gasteiger charge is -2.35. The van der Waals surface area contributed by atoms with Crippen LogP contribution in [0.5, 0.6) is 0 Å². The van der Waals surface area contributed by atoms with Crippen molar-refractivity contribution in [2.45, 2.75) is 32.7 Å². The van der Waals surface area contributed by atoms with Crippen LogP contribution < -0.4 is 5.32 Å². The fourth-order valence-electron chi connectivity index (χ4n) is 2.70. The van der Waals surface area contributed by atoms with E-state index in [0.717, 1.165) is 5.57 Å². The lowest BCUT2D eigenvalue weighted by molar-refractivity contribution is -0.135. The fourth-order valence-corrected chi connectivity index (χ4v) is 2.82. The normalized spacial score (nSPS) is 30.0. The highest BCUT2D eigenvalue weighted by molar-refractivity contribution is 6.68. The van der Waals surface area contributed by atoms with Gasteiger partial charge in [0.15, 0.2) is 0 Å². The van der Waals surface area contributed by atoms with Crippen molar-refractivity contribution in [3.8, 4) is 0 Å². The minimum absolute atomic E-state index is 0.122. The summed E-state index contributed by atoms with van der Waals surface area (Å²) in [6.07, 6.45) is 7.50. The van der Waals surface area contributed by atoms with Gasteiger partial charge in [0.05, 0.1) is 30.2 Å². The molecule has 0 radical (unpaired) electrons. The molecule has 2 rings (SSSR count). The van der Waals surface area contributed by atoms with Gasteiger partial charge in [0.1, 0.15) is 5.17 Å². The molecule has 0 aromatic rings. The van der Waals surface area contributed by atoms with E-state index in [-0.39, 0.29) is 11.9 Å². The third-order valence-electron chi connectivity index (χ3n) is 4.18. The number of allylic oxidation sites excluding steroid dienone is 1. The zero-order valence-electron chi connectivity index (χ0n) is 13.8. The van der Waals surface area contributed by atoms with Crippen LogP contribution in [0.1, 0.15) is 27.2 Å². The molecule has 5 nitrogen and oxygen atoms in total. The molecule has 1 aliphatic carbocycles. The van der Waals surface area contributed by atoms with E-state index in [4.69, 9.17) is 16.3 Å². The van der Waals surface area contributed by atoms with E-state index in [1.807, 2.05) is 26.8 Å². The van der Waals surface area contributed by atoms with Crippen LogP contribution in [0.2, 0.25) is 0 Å². The molecule has 2 unspecified atom stereocenters. The van der Waals surface area contributed by atoms with Crippen LogP contribution in [0.15, 0.2) is 40.4 Å². The molecule has 1 amide bonds. The average Bonchev–Trinajstić information content (AvgIpc) is 2.49. The van der Waals surface area contributed by atoms with Gasteiger partial charge in [-0.1, -0.05) is 29.3 Å². The molecule has 0 spiro atoms. The Bertz CT molecular complexity index is 663. The number of esters is 1. The van der Waals surface area contributed by atoms with Crippen molar-refractivity contribution in [2.24, 2.45) is 10.4 Å². The maximum Gasteiger partial charge on any atom is 0.337 e. The second-order valence-electron chi connectivity index (χ2n) is 6.46. The summed E-state index contributed by atoms with van der Waals surface area (Å²) in [4.78, 5) is 28.5. The first-order valence-electron chi connectivity index (χ1n) is 7.38. The lowest BCUT2D eigenvalue weighted by atomic mass is 9.82. The molecule has 0 fully saturated rings. The van der Waals surface area contributed by atoms with Crippen LogP contribution in [-0.2, 0) is 14.3 Å². The molecule has 0 aromatic carbocycles. The second kappa shape index (κ2) is 6.32. The van der Waals surface area contributed by atoms with Gasteiger partial charge in [-0.15, -0.1) is 0 Å².